The summed E-state index contributed by atoms with van der Waals surface area (Å²) in [6.07, 6.45) is -0.0323. The highest BCUT2D eigenvalue weighted by Crippen LogP contribution is 2.30. The van der Waals surface area contributed by atoms with E-state index in [1.807, 2.05) is 0 Å². The second-order valence-corrected chi connectivity index (χ2v) is 3.99. The van der Waals surface area contributed by atoms with Crippen molar-refractivity contribution in [3.8, 4) is 5.75 Å². The zero-order valence-electron chi connectivity index (χ0n) is 9.94. The van der Waals surface area contributed by atoms with Crippen LogP contribution in [0.4, 0.5) is 5.69 Å². The van der Waals surface area contributed by atoms with E-state index in [0.29, 0.717) is 22.2 Å². The van der Waals surface area contributed by atoms with Gasteiger partial charge in [0.1, 0.15) is 5.75 Å². The molecule has 1 rings (SSSR count). The number of esters is 1. The van der Waals surface area contributed by atoms with Crippen LogP contribution in [0.15, 0.2) is 12.1 Å². The Morgan fingerprint density at radius 2 is 2.11 bits per heavy atom. The summed E-state index contributed by atoms with van der Waals surface area (Å²) in [7, 11) is 2.69. The molecule has 0 radical (unpaired) electrons. The van der Waals surface area contributed by atoms with E-state index < -0.39 is 10.9 Å². The van der Waals surface area contributed by atoms with E-state index in [-0.39, 0.29) is 12.1 Å². The zero-order chi connectivity index (χ0) is 13.7. The number of benzene rings is 1. The maximum absolute atomic E-state index is 11.3. The largest absolute Gasteiger partial charge is 0.496 e. The second kappa shape index (κ2) is 6.34. The standard InChI is InChI=1S/C11H12BrNO5/c1-17-10-5-8(13(15)16)3-7(9(10)6-12)4-11(14)18-2/h3,5H,4,6H2,1-2H3. The maximum atomic E-state index is 11.3. The lowest BCUT2D eigenvalue weighted by Gasteiger charge is -2.11. The molecule has 1 aromatic rings. The molecule has 98 valence electrons. The van der Waals surface area contributed by atoms with E-state index in [1.54, 1.807) is 0 Å². The van der Waals surface area contributed by atoms with Gasteiger partial charge in [0.15, 0.2) is 0 Å². The van der Waals surface area contributed by atoms with E-state index in [2.05, 4.69) is 20.7 Å². The molecular formula is C11H12BrNO5. The van der Waals surface area contributed by atoms with Crippen molar-refractivity contribution in [1.29, 1.82) is 0 Å². The van der Waals surface area contributed by atoms with Gasteiger partial charge in [0.05, 0.1) is 31.6 Å². The topological polar surface area (TPSA) is 78.7 Å². The van der Waals surface area contributed by atoms with Crippen LogP contribution in [0.25, 0.3) is 0 Å². The number of non-ortho nitro benzene ring substituents is 1. The number of rotatable bonds is 5. The molecule has 0 fully saturated rings. The van der Waals surface area contributed by atoms with Gasteiger partial charge in [-0.25, -0.2) is 0 Å². The Balaban J connectivity index is 3.30. The molecule has 0 unspecified atom stereocenters. The average Bonchev–Trinajstić information content (AvgIpc) is 2.37. The molecule has 0 atom stereocenters. The third-order valence-corrected chi connectivity index (χ3v) is 2.97. The minimum atomic E-state index is -0.526. The predicted octanol–water partition coefficient (Wildman–Crippen LogP) is 2.21. The van der Waals surface area contributed by atoms with Gasteiger partial charge in [-0.15, -0.1) is 0 Å². The number of methoxy groups -OCH3 is 2. The summed E-state index contributed by atoms with van der Waals surface area (Å²) >= 11 is 3.27. The molecule has 6 nitrogen and oxygen atoms in total. The van der Waals surface area contributed by atoms with Gasteiger partial charge in [0.25, 0.3) is 5.69 Å². The van der Waals surface area contributed by atoms with Crippen molar-refractivity contribution in [3.05, 3.63) is 33.4 Å². The van der Waals surface area contributed by atoms with Gasteiger partial charge in [-0.1, -0.05) is 15.9 Å². The number of hydrogen-bond donors (Lipinski definition) is 0. The molecule has 0 heterocycles. The predicted molar refractivity (Wildman–Crippen MR) is 68.0 cm³/mol. The van der Waals surface area contributed by atoms with E-state index in [1.165, 1.54) is 26.4 Å². The van der Waals surface area contributed by atoms with Gasteiger partial charge in [-0.05, 0) is 5.56 Å². The van der Waals surface area contributed by atoms with Gasteiger partial charge in [0, 0.05) is 17.0 Å². The number of carbonyl (C=O) groups excluding carboxylic acids is 1. The number of nitrogens with zero attached hydrogens (tertiary/aromatic N) is 1. The number of carbonyl (C=O) groups is 1. The van der Waals surface area contributed by atoms with Crippen LogP contribution in [-0.2, 0) is 21.3 Å². The highest BCUT2D eigenvalue weighted by molar-refractivity contribution is 9.08. The summed E-state index contributed by atoms with van der Waals surface area (Å²) in [5.41, 5.74) is 1.11. The van der Waals surface area contributed by atoms with Crippen LogP contribution >= 0.6 is 15.9 Å². The fourth-order valence-electron chi connectivity index (χ4n) is 1.51. The molecule has 0 saturated carbocycles. The quantitative estimate of drug-likeness (QED) is 0.360. The first kappa shape index (κ1) is 14.4. The van der Waals surface area contributed by atoms with Crippen molar-refractivity contribution in [2.24, 2.45) is 0 Å². The van der Waals surface area contributed by atoms with Crippen LogP contribution in [0.5, 0.6) is 5.75 Å². The highest BCUT2D eigenvalue weighted by Gasteiger charge is 2.18. The first-order chi connectivity index (χ1) is 8.53. The normalized spacial score (nSPS) is 9.94. The monoisotopic (exact) mass is 317 g/mol. The van der Waals surface area contributed by atoms with Crippen LogP contribution in [-0.4, -0.2) is 25.1 Å². The molecule has 0 aromatic heterocycles. The number of halogens is 1. The molecule has 7 heteroatoms. The fraction of sp³-hybridized carbons (Fsp3) is 0.364. The molecule has 0 amide bonds. The number of nitro benzene ring substituents is 1. The van der Waals surface area contributed by atoms with E-state index in [4.69, 9.17) is 4.74 Å². The lowest BCUT2D eigenvalue weighted by Crippen LogP contribution is -2.08. The molecule has 0 aliphatic carbocycles. The Kier molecular flexibility index (Phi) is 5.08. The molecule has 0 bridgehead atoms. The summed E-state index contributed by atoms with van der Waals surface area (Å²) in [5.74, 6) is -0.0836. The number of ether oxygens (including phenoxy) is 2. The Morgan fingerprint density at radius 3 is 2.56 bits per heavy atom. The summed E-state index contributed by atoms with van der Waals surface area (Å²) in [6.45, 7) is 0. The lowest BCUT2D eigenvalue weighted by molar-refractivity contribution is -0.385. The summed E-state index contributed by atoms with van der Waals surface area (Å²) in [5, 5.41) is 11.2. The number of nitro groups is 1. The first-order valence-electron chi connectivity index (χ1n) is 5.00. The van der Waals surface area contributed by atoms with Crippen molar-refractivity contribution in [3.63, 3.8) is 0 Å². The number of alkyl halides is 1. The summed E-state index contributed by atoms with van der Waals surface area (Å²) < 4.78 is 9.66. The third-order valence-electron chi connectivity index (χ3n) is 2.41. The van der Waals surface area contributed by atoms with E-state index >= 15 is 0 Å². The molecular weight excluding hydrogens is 306 g/mol. The molecule has 0 N–H and O–H groups in total. The van der Waals surface area contributed by atoms with Crippen molar-refractivity contribution in [2.45, 2.75) is 11.8 Å². The third kappa shape index (κ3) is 3.19. The average molecular weight is 318 g/mol. The number of hydrogen-bond acceptors (Lipinski definition) is 5. The van der Waals surface area contributed by atoms with Crippen LogP contribution in [0.2, 0.25) is 0 Å². The summed E-state index contributed by atoms with van der Waals surface area (Å²) in [6, 6.07) is 2.69. The molecule has 18 heavy (non-hydrogen) atoms. The van der Waals surface area contributed by atoms with Gasteiger partial charge in [-0.2, -0.15) is 0 Å². The molecule has 0 aliphatic heterocycles. The van der Waals surface area contributed by atoms with Crippen LogP contribution in [0.1, 0.15) is 11.1 Å². The van der Waals surface area contributed by atoms with Crippen molar-refractivity contribution >= 4 is 27.6 Å². The highest BCUT2D eigenvalue weighted by atomic mass is 79.9. The Hall–Kier alpha value is -1.63. The van der Waals surface area contributed by atoms with Crippen molar-refractivity contribution < 1.29 is 19.2 Å². The van der Waals surface area contributed by atoms with Gasteiger partial charge in [-0.3, -0.25) is 14.9 Å². The fourth-order valence-corrected chi connectivity index (χ4v) is 2.15. The van der Waals surface area contributed by atoms with E-state index in [9.17, 15) is 14.9 Å². The van der Waals surface area contributed by atoms with Crippen LogP contribution < -0.4 is 4.74 Å². The van der Waals surface area contributed by atoms with Crippen molar-refractivity contribution in [1.82, 2.24) is 0 Å². The SMILES string of the molecule is COC(=O)Cc1cc([N+](=O)[O-])cc(OC)c1CBr. The minimum Gasteiger partial charge on any atom is -0.496 e. The first-order valence-corrected chi connectivity index (χ1v) is 6.12. The Morgan fingerprint density at radius 1 is 1.44 bits per heavy atom. The second-order valence-electron chi connectivity index (χ2n) is 3.43. The Labute approximate surface area is 112 Å². The van der Waals surface area contributed by atoms with Gasteiger partial charge in [0.2, 0.25) is 0 Å². The minimum absolute atomic E-state index is 0.0323. The maximum Gasteiger partial charge on any atom is 0.309 e. The summed E-state index contributed by atoms with van der Waals surface area (Å²) in [4.78, 5) is 21.6. The van der Waals surface area contributed by atoms with E-state index in [0.717, 1.165) is 0 Å². The van der Waals surface area contributed by atoms with Crippen LogP contribution in [0, 0.1) is 10.1 Å². The van der Waals surface area contributed by atoms with Gasteiger partial charge < -0.3 is 9.47 Å². The molecule has 0 aliphatic rings. The van der Waals surface area contributed by atoms with Gasteiger partial charge >= 0.3 is 5.97 Å². The van der Waals surface area contributed by atoms with Crippen molar-refractivity contribution in [2.75, 3.05) is 14.2 Å². The smallest absolute Gasteiger partial charge is 0.309 e. The Bertz CT molecular complexity index is 475. The zero-order valence-corrected chi connectivity index (χ0v) is 11.5. The molecule has 0 saturated heterocycles. The lowest BCUT2D eigenvalue weighted by atomic mass is 10.0. The van der Waals surface area contributed by atoms with Crippen LogP contribution in [0.3, 0.4) is 0 Å². The molecule has 1 aromatic carbocycles. The molecule has 0 spiro atoms.